The zero-order chi connectivity index (χ0) is 19.9. The normalized spacial score (nSPS) is 10.6. The number of ether oxygens (including phenoxy) is 1. The van der Waals surface area contributed by atoms with Crippen LogP contribution < -0.4 is 10.1 Å². The minimum absolute atomic E-state index is 0.231. The van der Waals surface area contributed by atoms with E-state index in [9.17, 15) is 4.79 Å². The zero-order valence-corrected chi connectivity index (χ0v) is 15.8. The van der Waals surface area contributed by atoms with E-state index in [2.05, 4.69) is 27.6 Å². The molecule has 1 N–H and O–H groups in total. The van der Waals surface area contributed by atoms with E-state index in [1.165, 1.54) is 5.56 Å². The first-order chi connectivity index (χ1) is 14.3. The summed E-state index contributed by atoms with van der Waals surface area (Å²) in [6, 6.07) is 21.3. The van der Waals surface area contributed by atoms with E-state index in [0.717, 1.165) is 18.7 Å². The molecule has 1 amide bonds. The second kappa shape index (κ2) is 8.88. The van der Waals surface area contributed by atoms with Gasteiger partial charge in [0, 0.05) is 18.9 Å². The Bertz CT molecular complexity index is 1060. The third-order valence-electron chi connectivity index (χ3n) is 4.34. The molecule has 0 fully saturated rings. The molecular formula is C22H21N5O2. The summed E-state index contributed by atoms with van der Waals surface area (Å²) in [5.74, 6) is 0.461. The molecule has 7 nitrogen and oxygen atoms in total. The van der Waals surface area contributed by atoms with Crippen molar-refractivity contribution in [3.63, 3.8) is 0 Å². The largest absolute Gasteiger partial charge is 0.471 e. The number of carbonyl (C=O) groups excluding carboxylic acids is 1. The highest BCUT2D eigenvalue weighted by Crippen LogP contribution is 2.11. The smallest absolute Gasteiger partial charge is 0.276 e. The highest BCUT2D eigenvalue weighted by atomic mass is 16.5. The molecule has 4 aromatic rings. The highest BCUT2D eigenvalue weighted by Gasteiger charge is 2.11. The fraction of sp³-hybridized carbons (Fsp3) is 0.136. The van der Waals surface area contributed by atoms with Crippen molar-refractivity contribution in [3.8, 4) is 5.75 Å². The molecule has 0 saturated carbocycles. The Kier molecular flexibility index (Phi) is 5.66. The van der Waals surface area contributed by atoms with Crippen LogP contribution in [0, 0.1) is 0 Å². The maximum Gasteiger partial charge on any atom is 0.276 e. The van der Waals surface area contributed by atoms with Gasteiger partial charge in [0.2, 0.25) is 0 Å². The Hall–Kier alpha value is -3.87. The van der Waals surface area contributed by atoms with Crippen LogP contribution >= 0.6 is 0 Å². The molecule has 0 atom stereocenters. The van der Waals surface area contributed by atoms with Crippen molar-refractivity contribution in [2.45, 2.75) is 19.7 Å². The van der Waals surface area contributed by atoms with Crippen molar-refractivity contribution in [2.24, 2.45) is 0 Å². The number of amides is 1. The molecule has 0 unspecified atom stereocenters. The molecule has 146 valence electrons. The standard InChI is InChI=1S/C22H21N5O2/c28-22(21-12-14-27(25-21)17-29-20-9-5-2-6-10-20)24-19-15-23-26(16-19)13-11-18-7-3-1-4-8-18/h1-10,12,14-16H,11,13,17H2,(H,24,28). The Morgan fingerprint density at radius 2 is 1.72 bits per heavy atom. The van der Waals surface area contributed by atoms with Crippen LogP contribution in [0.15, 0.2) is 85.3 Å². The molecule has 0 aliphatic heterocycles. The number of nitrogens with zero attached hydrogens (tertiary/aromatic N) is 4. The lowest BCUT2D eigenvalue weighted by atomic mass is 10.1. The summed E-state index contributed by atoms with van der Waals surface area (Å²) in [5, 5.41) is 11.4. The Labute approximate surface area is 168 Å². The van der Waals surface area contributed by atoms with Crippen molar-refractivity contribution in [3.05, 3.63) is 96.6 Å². The van der Waals surface area contributed by atoms with E-state index < -0.39 is 0 Å². The molecule has 7 heteroatoms. The predicted molar refractivity (Wildman–Crippen MR) is 110 cm³/mol. The molecule has 0 saturated heterocycles. The van der Waals surface area contributed by atoms with Gasteiger partial charge in [0.15, 0.2) is 12.4 Å². The van der Waals surface area contributed by atoms with Gasteiger partial charge in [0.05, 0.1) is 11.9 Å². The van der Waals surface area contributed by atoms with E-state index in [1.54, 1.807) is 23.1 Å². The van der Waals surface area contributed by atoms with E-state index in [-0.39, 0.29) is 12.6 Å². The van der Waals surface area contributed by atoms with Crippen LogP contribution in [0.1, 0.15) is 16.1 Å². The van der Waals surface area contributed by atoms with Crippen LogP contribution in [-0.4, -0.2) is 25.5 Å². The van der Waals surface area contributed by atoms with E-state index in [1.807, 2.05) is 59.4 Å². The number of carbonyl (C=O) groups is 1. The molecule has 2 aromatic carbocycles. The summed E-state index contributed by atoms with van der Waals surface area (Å²) >= 11 is 0. The monoisotopic (exact) mass is 387 g/mol. The van der Waals surface area contributed by atoms with E-state index in [0.29, 0.717) is 11.4 Å². The lowest BCUT2D eigenvalue weighted by Gasteiger charge is -2.05. The van der Waals surface area contributed by atoms with Gasteiger partial charge in [-0.25, -0.2) is 4.68 Å². The SMILES string of the molecule is O=C(Nc1cnn(CCc2ccccc2)c1)c1ccn(COc2ccccc2)n1. The van der Waals surface area contributed by atoms with Gasteiger partial charge in [-0.2, -0.15) is 10.2 Å². The second-order valence-corrected chi connectivity index (χ2v) is 6.51. The van der Waals surface area contributed by atoms with Gasteiger partial charge in [0.25, 0.3) is 5.91 Å². The number of hydrogen-bond donors (Lipinski definition) is 1. The summed E-state index contributed by atoms with van der Waals surface area (Å²) in [6.45, 7) is 0.972. The Balaban J connectivity index is 1.29. The van der Waals surface area contributed by atoms with Gasteiger partial charge in [-0.05, 0) is 30.2 Å². The first-order valence-corrected chi connectivity index (χ1v) is 9.35. The van der Waals surface area contributed by atoms with E-state index >= 15 is 0 Å². The van der Waals surface area contributed by atoms with Crippen LogP contribution in [-0.2, 0) is 19.7 Å². The minimum atomic E-state index is -0.286. The van der Waals surface area contributed by atoms with Crippen molar-refractivity contribution < 1.29 is 9.53 Å². The zero-order valence-electron chi connectivity index (χ0n) is 15.8. The number of anilines is 1. The quantitative estimate of drug-likeness (QED) is 0.501. The molecule has 2 heterocycles. The lowest BCUT2D eigenvalue weighted by molar-refractivity contribution is 0.102. The van der Waals surface area contributed by atoms with Gasteiger partial charge in [-0.3, -0.25) is 9.48 Å². The highest BCUT2D eigenvalue weighted by molar-refractivity contribution is 6.02. The number of aryl methyl sites for hydroxylation is 2. The second-order valence-electron chi connectivity index (χ2n) is 6.51. The molecule has 0 aliphatic carbocycles. The number of aromatic nitrogens is 4. The lowest BCUT2D eigenvalue weighted by Crippen LogP contribution is -2.14. The number of nitrogens with one attached hydrogen (secondary N) is 1. The molecular weight excluding hydrogens is 366 g/mol. The average molecular weight is 387 g/mol. The summed E-state index contributed by atoms with van der Waals surface area (Å²) in [7, 11) is 0. The van der Waals surface area contributed by atoms with Crippen LogP contribution in [0.2, 0.25) is 0 Å². The molecule has 0 radical (unpaired) electrons. The van der Waals surface area contributed by atoms with Gasteiger partial charge < -0.3 is 10.1 Å². The summed E-state index contributed by atoms with van der Waals surface area (Å²) in [5.41, 5.74) is 2.20. The summed E-state index contributed by atoms with van der Waals surface area (Å²) in [6.07, 6.45) is 6.04. The molecule has 0 spiro atoms. The third-order valence-corrected chi connectivity index (χ3v) is 4.34. The maximum absolute atomic E-state index is 12.4. The Morgan fingerprint density at radius 1 is 0.966 bits per heavy atom. The van der Waals surface area contributed by atoms with Crippen molar-refractivity contribution in [2.75, 3.05) is 5.32 Å². The van der Waals surface area contributed by atoms with E-state index in [4.69, 9.17) is 4.74 Å². The first-order valence-electron chi connectivity index (χ1n) is 9.35. The van der Waals surface area contributed by atoms with Gasteiger partial charge >= 0.3 is 0 Å². The first kappa shape index (κ1) is 18.5. The third kappa shape index (κ3) is 5.10. The molecule has 0 bridgehead atoms. The number of hydrogen-bond acceptors (Lipinski definition) is 4. The number of para-hydroxylation sites is 1. The van der Waals surface area contributed by atoms with Gasteiger partial charge in [-0.1, -0.05) is 48.5 Å². The van der Waals surface area contributed by atoms with Gasteiger partial charge in [-0.15, -0.1) is 0 Å². The summed E-state index contributed by atoms with van der Waals surface area (Å²) < 4.78 is 9.01. The minimum Gasteiger partial charge on any atom is -0.471 e. The fourth-order valence-electron chi connectivity index (χ4n) is 2.85. The summed E-state index contributed by atoms with van der Waals surface area (Å²) in [4.78, 5) is 12.4. The van der Waals surface area contributed by atoms with Crippen LogP contribution in [0.25, 0.3) is 0 Å². The van der Waals surface area contributed by atoms with Crippen molar-refractivity contribution >= 4 is 11.6 Å². The molecule has 2 aromatic heterocycles. The van der Waals surface area contributed by atoms with Gasteiger partial charge in [0.1, 0.15) is 5.75 Å². The van der Waals surface area contributed by atoms with Crippen LogP contribution in [0.4, 0.5) is 5.69 Å². The fourth-order valence-corrected chi connectivity index (χ4v) is 2.85. The Morgan fingerprint density at radius 3 is 2.52 bits per heavy atom. The molecule has 29 heavy (non-hydrogen) atoms. The van der Waals surface area contributed by atoms with Crippen molar-refractivity contribution in [1.29, 1.82) is 0 Å². The topological polar surface area (TPSA) is 74.0 Å². The molecule has 4 rings (SSSR count). The maximum atomic E-state index is 12.4. The predicted octanol–water partition coefficient (Wildman–Crippen LogP) is 3.61. The molecule has 0 aliphatic rings. The van der Waals surface area contributed by atoms with Crippen LogP contribution in [0.3, 0.4) is 0 Å². The average Bonchev–Trinajstić information content (AvgIpc) is 3.42. The number of rotatable bonds is 8. The number of benzene rings is 2. The van der Waals surface area contributed by atoms with Crippen LogP contribution in [0.5, 0.6) is 5.75 Å². The van der Waals surface area contributed by atoms with Crippen molar-refractivity contribution in [1.82, 2.24) is 19.6 Å².